The molecule has 10 heteroatoms. The molecule has 8 nitrogen and oxygen atoms in total. The Morgan fingerprint density at radius 2 is 1.91 bits per heavy atom. The number of imidazole rings is 1. The lowest BCUT2D eigenvalue weighted by molar-refractivity contribution is -0.0512. The van der Waals surface area contributed by atoms with Gasteiger partial charge in [0.1, 0.15) is 5.75 Å². The number of hydrogen-bond donors (Lipinski definition) is 1. The molecule has 0 aliphatic heterocycles. The van der Waals surface area contributed by atoms with E-state index >= 15 is 0 Å². The molecule has 1 heterocycles. The summed E-state index contributed by atoms with van der Waals surface area (Å²) in [6, 6.07) is 12.0. The number of aromatic nitrogens is 2. The second kappa shape index (κ2) is 13.2. The molecule has 2 amide bonds. The third-order valence-corrected chi connectivity index (χ3v) is 5.19. The van der Waals surface area contributed by atoms with Crippen molar-refractivity contribution >= 4 is 6.03 Å². The lowest BCUT2D eigenvalue weighted by Gasteiger charge is -2.24. The standard InChI is InChI=1S/C25H30F2N4O4/c1-3-34-21-8-5-19(6-9-21)17-31(13-4-12-30-14-11-28-18-30)25(32)29-16-20-7-10-22(35-24(26)27)23(15-20)33-2/h5-11,14-15,18,24H,3-4,12-13,16-17H2,1-2H3,(H,29,32). The first kappa shape index (κ1) is 25.8. The van der Waals surface area contributed by atoms with Crippen LogP contribution in [-0.2, 0) is 19.6 Å². The highest BCUT2D eigenvalue weighted by atomic mass is 19.3. The van der Waals surface area contributed by atoms with Crippen LogP contribution < -0.4 is 19.5 Å². The van der Waals surface area contributed by atoms with Gasteiger partial charge in [-0.1, -0.05) is 18.2 Å². The van der Waals surface area contributed by atoms with Gasteiger partial charge in [-0.2, -0.15) is 8.78 Å². The number of alkyl halides is 2. The van der Waals surface area contributed by atoms with Crippen molar-refractivity contribution in [3.05, 3.63) is 72.3 Å². The van der Waals surface area contributed by atoms with E-state index in [-0.39, 0.29) is 24.1 Å². The van der Waals surface area contributed by atoms with E-state index in [1.807, 2.05) is 42.0 Å². The summed E-state index contributed by atoms with van der Waals surface area (Å²) < 4.78 is 42.2. The number of amides is 2. The van der Waals surface area contributed by atoms with Crippen LogP contribution in [-0.4, -0.2) is 47.4 Å². The summed E-state index contributed by atoms with van der Waals surface area (Å²) in [4.78, 5) is 18.8. The van der Waals surface area contributed by atoms with Crippen molar-refractivity contribution in [1.82, 2.24) is 19.8 Å². The highest BCUT2D eigenvalue weighted by Crippen LogP contribution is 2.29. The second-order valence-corrected chi connectivity index (χ2v) is 7.68. The quantitative estimate of drug-likeness (QED) is 0.378. The summed E-state index contributed by atoms with van der Waals surface area (Å²) in [7, 11) is 1.37. The zero-order chi connectivity index (χ0) is 25.0. The molecule has 3 rings (SSSR count). The molecular weight excluding hydrogens is 458 g/mol. The summed E-state index contributed by atoms with van der Waals surface area (Å²) in [5, 5.41) is 2.90. The number of carbonyl (C=O) groups is 1. The van der Waals surface area contributed by atoms with Crippen LogP contribution in [0.25, 0.3) is 0 Å². The Hall–Kier alpha value is -3.82. The summed E-state index contributed by atoms with van der Waals surface area (Å²) in [5.74, 6) is 0.887. The minimum absolute atomic E-state index is 0.0609. The number of nitrogens with zero attached hydrogens (tertiary/aromatic N) is 3. The third-order valence-electron chi connectivity index (χ3n) is 5.19. The predicted molar refractivity (Wildman–Crippen MR) is 127 cm³/mol. The van der Waals surface area contributed by atoms with E-state index in [4.69, 9.17) is 9.47 Å². The Balaban J connectivity index is 1.64. The number of halogens is 2. The van der Waals surface area contributed by atoms with E-state index in [1.54, 1.807) is 29.6 Å². The van der Waals surface area contributed by atoms with Crippen molar-refractivity contribution in [3.8, 4) is 17.2 Å². The number of rotatable bonds is 13. The molecule has 1 aromatic heterocycles. The van der Waals surface area contributed by atoms with E-state index < -0.39 is 6.61 Å². The fraction of sp³-hybridized carbons (Fsp3) is 0.360. The summed E-state index contributed by atoms with van der Waals surface area (Å²) in [5.41, 5.74) is 1.66. The van der Waals surface area contributed by atoms with Gasteiger partial charge in [-0.25, -0.2) is 9.78 Å². The number of nitrogens with one attached hydrogen (secondary N) is 1. The number of benzene rings is 2. The molecule has 35 heavy (non-hydrogen) atoms. The zero-order valence-corrected chi connectivity index (χ0v) is 19.8. The number of ether oxygens (including phenoxy) is 3. The van der Waals surface area contributed by atoms with E-state index in [9.17, 15) is 13.6 Å². The van der Waals surface area contributed by atoms with Crippen molar-refractivity contribution in [2.24, 2.45) is 0 Å². The van der Waals surface area contributed by atoms with Crippen LogP contribution in [0.5, 0.6) is 17.2 Å². The highest BCUT2D eigenvalue weighted by Gasteiger charge is 2.15. The van der Waals surface area contributed by atoms with E-state index in [0.29, 0.717) is 25.3 Å². The number of carbonyl (C=O) groups excluding carboxylic acids is 1. The molecule has 0 unspecified atom stereocenters. The summed E-state index contributed by atoms with van der Waals surface area (Å²) in [6.45, 7) is 1.44. The van der Waals surface area contributed by atoms with Crippen LogP contribution in [0.2, 0.25) is 0 Å². The Morgan fingerprint density at radius 1 is 1.14 bits per heavy atom. The van der Waals surface area contributed by atoms with Gasteiger partial charge in [0.15, 0.2) is 11.5 Å². The van der Waals surface area contributed by atoms with Gasteiger partial charge in [0.05, 0.1) is 20.0 Å². The summed E-state index contributed by atoms with van der Waals surface area (Å²) in [6.07, 6.45) is 6.09. The van der Waals surface area contributed by atoms with Gasteiger partial charge < -0.3 is 29.0 Å². The minimum atomic E-state index is -2.95. The van der Waals surface area contributed by atoms with Crippen molar-refractivity contribution in [2.75, 3.05) is 20.3 Å². The summed E-state index contributed by atoms with van der Waals surface area (Å²) >= 11 is 0. The smallest absolute Gasteiger partial charge is 0.387 e. The fourth-order valence-electron chi connectivity index (χ4n) is 3.50. The van der Waals surface area contributed by atoms with Gasteiger partial charge in [0, 0.05) is 38.6 Å². The maximum absolute atomic E-state index is 13.1. The Morgan fingerprint density at radius 3 is 2.57 bits per heavy atom. The van der Waals surface area contributed by atoms with E-state index in [0.717, 1.165) is 24.3 Å². The number of aryl methyl sites for hydroxylation is 1. The van der Waals surface area contributed by atoms with Gasteiger partial charge in [0.2, 0.25) is 0 Å². The molecule has 0 atom stereocenters. The van der Waals surface area contributed by atoms with E-state index in [1.165, 1.54) is 13.2 Å². The van der Waals surface area contributed by atoms with Gasteiger partial charge in [0.25, 0.3) is 0 Å². The molecule has 0 saturated heterocycles. The molecule has 0 spiro atoms. The molecule has 188 valence electrons. The normalized spacial score (nSPS) is 10.8. The first-order valence-corrected chi connectivity index (χ1v) is 11.3. The monoisotopic (exact) mass is 488 g/mol. The first-order chi connectivity index (χ1) is 17.0. The van der Waals surface area contributed by atoms with Gasteiger partial charge in [-0.05, 0) is 48.7 Å². The van der Waals surface area contributed by atoms with Crippen molar-refractivity contribution in [1.29, 1.82) is 0 Å². The van der Waals surface area contributed by atoms with Crippen LogP contribution in [0, 0.1) is 0 Å². The lowest BCUT2D eigenvalue weighted by Crippen LogP contribution is -2.40. The topological polar surface area (TPSA) is 77.9 Å². The average molecular weight is 489 g/mol. The van der Waals surface area contributed by atoms with E-state index in [2.05, 4.69) is 15.0 Å². The Labute approximate surface area is 203 Å². The van der Waals surface area contributed by atoms with Gasteiger partial charge >= 0.3 is 12.6 Å². The zero-order valence-electron chi connectivity index (χ0n) is 19.8. The Kier molecular flexibility index (Phi) is 9.70. The largest absolute Gasteiger partial charge is 0.494 e. The Bertz CT molecular complexity index is 1050. The molecule has 3 aromatic rings. The van der Waals surface area contributed by atoms with Crippen LogP contribution in [0.1, 0.15) is 24.5 Å². The minimum Gasteiger partial charge on any atom is -0.494 e. The lowest BCUT2D eigenvalue weighted by atomic mass is 10.2. The first-order valence-electron chi connectivity index (χ1n) is 11.3. The van der Waals surface area contributed by atoms with Crippen LogP contribution in [0.15, 0.2) is 61.2 Å². The molecule has 2 aromatic carbocycles. The number of methoxy groups -OCH3 is 1. The highest BCUT2D eigenvalue weighted by molar-refractivity contribution is 5.74. The molecule has 0 saturated carbocycles. The van der Waals surface area contributed by atoms with Crippen molar-refractivity contribution < 1.29 is 27.8 Å². The maximum Gasteiger partial charge on any atom is 0.387 e. The van der Waals surface area contributed by atoms with Crippen LogP contribution >= 0.6 is 0 Å². The fourth-order valence-corrected chi connectivity index (χ4v) is 3.50. The molecule has 0 aliphatic carbocycles. The average Bonchev–Trinajstić information content (AvgIpc) is 3.37. The van der Waals surface area contributed by atoms with Crippen LogP contribution in [0.4, 0.5) is 13.6 Å². The second-order valence-electron chi connectivity index (χ2n) is 7.68. The number of hydrogen-bond acceptors (Lipinski definition) is 5. The molecule has 0 bridgehead atoms. The number of urea groups is 1. The van der Waals surface area contributed by atoms with Crippen molar-refractivity contribution in [2.45, 2.75) is 39.6 Å². The maximum atomic E-state index is 13.1. The molecule has 1 N–H and O–H groups in total. The van der Waals surface area contributed by atoms with Crippen LogP contribution in [0.3, 0.4) is 0 Å². The molecule has 0 aliphatic rings. The van der Waals surface area contributed by atoms with Crippen molar-refractivity contribution in [3.63, 3.8) is 0 Å². The molecule has 0 radical (unpaired) electrons. The van der Waals surface area contributed by atoms with Gasteiger partial charge in [-0.15, -0.1) is 0 Å². The van der Waals surface area contributed by atoms with Gasteiger partial charge in [-0.3, -0.25) is 0 Å². The third kappa shape index (κ3) is 8.16. The SMILES string of the molecule is CCOc1ccc(CN(CCCn2ccnc2)C(=O)NCc2ccc(OC(F)F)c(OC)c2)cc1. The predicted octanol–water partition coefficient (Wildman–Crippen LogP) is 4.69. The molecular formula is C25H30F2N4O4. The molecule has 0 fully saturated rings.